The highest BCUT2D eigenvalue weighted by atomic mass is 32.1. The van der Waals surface area contributed by atoms with Gasteiger partial charge in [0.05, 0.1) is 16.8 Å². The lowest BCUT2D eigenvalue weighted by molar-refractivity contribution is 0.0968. The lowest BCUT2D eigenvalue weighted by Crippen LogP contribution is -2.26. The van der Waals surface area contributed by atoms with Crippen LogP contribution in [0, 0.1) is 23.2 Å². The van der Waals surface area contributed by atoms with Gasteiger partial charge < -0.3 is 5.32 Å². The molecule has 4 nitrogen and oxygen atoms in total. The summed E-state index contributed by atoms with van der Waals surface area (Å²) in [6, 6.07) is 12.7. The van der Waals surface area contributed by atoms with Crippen molar-refractivity contribution in [2.24, 2.45) is 11.8 Å². The van der Waals surface area contributed by atoms with Crippen molar-refractivity contribution in [2.45, 2.75) is 51.5 Å². The van der Waals surface area contributed by atoms with Gasteiger partial charge >= 0.3 is 0 Å². The van der Waals surface area contributed by atoms with Crippen molar-refractivity contribution in [3.8, 4) is 16.5 Å². The molecule has 2 heterocycles. The third-order valence-electron chi connectivity index (χ3n) is 6.45. The van der Waals surface area contributed by atoms with Crippen molar-refractivity contribution in [2.75, 3.05) is 5.32 Å². The Bertz CT molecular complexity index is 1150. The fraction of sp³-hybridized carbons (Fsp3) is 0.400. The first-order valence-electron chi connectivity index (χ1n) is 10.9. The predicted octanol–water partition coefficient (Wildman–Crippen LogP) is 6.42. The van der Waals surface area contributed by atoms with E-state index in [0.29, 0.717) is 10.9 Å². The van der Waals surface area contributed by atoms with Gasteiger partial charge in [-0.2, -0.15) is 5.26 Å². The van der Waals surface area contributed by atoms with E-state index in [1.165, 1.54) is 24.2 Å². The molecule has 2 aromatic heterocycles. The molecule has 1 aromatic carbocycles. The lowest BCUT2D eigenvalue weighted by Gasteiger charge is -2.29. The van der Waals surface area contributed by atoms with Crippen LogP contribution in [0.15, 0.2) is 36.5 Å². The van der Waals surface area contributed by atoms with Crippen molar-refractivity contribution in [1.82, 2.24) is 4.98 Å². The van der Waals surface area contributed by atoms with Gasteiger partial charge in [0.2, 0.25) is 0 Å². The molecule has 0 saturated heterocycles. The van der Waals surface area contributed by atoms with Crippen molar-refractivity contribution in [3.05, 3.63) is 47.0 Å². The zero-order chi connectivity index (χ0) is 20.7. The first kappa shape index (κ1) is 19.3. The number of carbonyl (C=O) groups is 1. The molecule has 152 valence electrons. The van der Waals surface area contributed by atoms with Gasteiger partial charge in [-0.05, 0) is 74.3 Å². The highest BCUT2D eigenvalue weighted by Gasteiger charge is 2.33. The van der Waals surface area contributed by atoms with E-state index in [1.54, 1.807) is 6.20 Å². The van der Waals surface area contributed by atoms with Crippen LogP contribution in [0.1, 0.15) is 60.7 Å². The van der Waals surface area contributed by atoms with E-state index < -0.39 is 0 Å². The van der Waals surface area contributed by atoms with Crippen LogP contribution < -0.4 is 5.32 Å². The Morgan fingerprint density at radius 3 is 2.63 bits per heavy atom. The number of carbonyl (C=O) groups excluding carboxylic acids is 1. The highest BCUT2D eigenvalue weighted by Crippen LogP contribution is 2.39. The molecule has 0 atom stereocenters. The van der Waals surface area contributed by atoms with E-state index in [2.05, 4.69) is 35.4 Å². The van der Waals surface area contributed by atoms with E-state index in [0.717, 1.165) is 64.2 Å². The van der Waals surface area contributed by atoms with Gasteiger partial charge in [-0.3, -0.25) is 9.78 Å². The number of thiophene rings is 1. The van der Waals surface area contributed by atoms with Gasteiger partial charge in [0.25, 0.3) is 0 Å². The normalized spacial score (nSPS) is 21.3. The molecule has 1 N–H and O–H groups in total. The molecule has 2 saturated carbocycles. The number of nitrogens with one attached hydrogen (secondary N) is 1. The van der Waals surface area contributed by atoms with Gasteiger partial charge in [-0.1, -0.05) is 13.0 Å². The fourth-order valence-electron chi connectivity index (χ4n) is 4.42. The zero-order valence-electron chi connectivity index (χ0n) is 17.1. The van der Waals surface area contributed by atoms with Crippen LogP contribution >= 0.6 is 11.3 Å². The van der Waals surface area contributed by atoms with E-state index in [4.69, 9.17) is 0 Å². The third kappa shape index (κ3) is 3.73. The second-order valence-electron chi connectivity index (χ2n) is 8.79. The summed E-state index contributed by atoms with van der Waals surface area (Å²) < 4.78 is 0. The lowest BCUT2D eigenvalue weighted by atomic mass is 9.87. The maximum absolute atomic E-state index is 13.0. The second kappa shape index (κ2) is 7.85. The number of nitrogens with zero attached hydrogens (tertiary/aromatic N) is 2. The summed E-state index contributed by atoms with van der Waals surface area (Å²) in [5, 5.41) is 13.9. The maximum atomic E-state index is 13.0. The first-order chi connectivity index (χ1) is 14.6. The fourth-order valence-corrected chi connectivity index (χ4v) is 5.21. The Balaban J connectivity index is 1.59. The topological polar surface area (TPSA) is 65.8 Å². The standard InChI is InChI=1S/C25H25N3OS/c1-15-2-7-18(8-3-15)28-24-20-12-17(23-11-9-19(13-26)30-23)6-10-22(20)27-14-21(24)25(29)16-4-5-16/h6,9-12,14-16,18H,2-5,7-8H2,1H3,(H,27,28)/t15-,18-. The molecule has 0 spiro atoms. The average Bonchev–Trinajstić information content (AvgIpc) is 3.51. The molecule has 2 aliphatic rings. The Hall–Kier alpha value is -2.71. The summed E-state index contributed by atoms with van der Waals surface area (Å²) in [6.07, 6.45) is 8.48. The van der Waals surface area contributed by atoms with Crippen LogP contribution in [-0.2, 0) is 0 Å². The monoisotopic (exact) mass is 415 g/mol. The molecule has 0 amide bonds. The number of rotatable bonds is 5. The molecule has 2 aliphatic carbocycles. The molecule has 5 rings (SSSR count). The number of nitriles is 1. The molecule has 2 fully saturated rings. The minimum absolute atomic E-state index is 0.162. The zero-order valence-corrected chi connectivity index (χ0v) is 18.0. The number of aromatic nitrogens is 1. The minimum atomic E-state index is 0.162. The molecule has 0 radical (unpaired) electrons. The summed E-state index contributed by atoms with van der Waals surface area (Å²) in [5.74, 6) is 1.17. The highest BCUT2D eigenvalue weighted by molar-refractivity contribution is 7.16. The first-order valence-corrected chi connectivity index (χ1v) is 11.7. The largest absolute Gasteiger partial charge is 0.381 e. The summed E-state index contributed by atoms with van der Waals surface area (Å²) in [7, 11) is 0. The van der Waals surface area contributed by atoms with Crippen molar-refractivity contribution < 1.29 is 4.79 Å². The summed E-state index contributed by atoms with van der Waals surface area (Å²) in [5.41, 5.74) is 3.65. The molecule has 5 heteroatoms. The number of hydrogen-bond acceptors (Lipinski definition) is 5. The average molecular weight is 416 g/mol. The molecular weight excluding hydrogens is 390 g/mol. The van der Waals surface area contributed by atoms with E-state index in [-0.39, 0.29) is 11.7 Å². The van der Waals surface area contributed by atoms with Gasteiger partial charge in [0, 0.05) is 28.4 Å². The Morgan fingerprint density at radius 2 is 1.93 bits per heavy atom. The Kier molecular flexibility index (Phi) is 5.04. The van der Waals surface area contributed by atoms with E-state index in [1.807, 2.05) is 18.2 Å². The van der Waals surface area contributed by atoms with Crippen LogP contribution in [0.4, 0.5) is 5.69 Å². The van der Waals surface area contributed by atoms with Crippen molar-refractivity contribution in [3.63, 3.8) is 0 Å². The summed E-state index contributed by atoms with van der Waals surface area (Å²) in [4.78, 5) is 19.4. The number of anilines is 1. The molecule has 0 aliphatic heterocycles. The van der Waals surface area contributed by atoms with Crippen molar-refractivity contribution >= 4 is 33.7 Å². The van der Waals surface area contributed by atoms with Gasteiger partial charge in [0.15, 0.2) is 5.78 Å². The van der Waals surface area contributed by atoms with Crippen LogP contribution in [0.3, 0.4) is 0 Å². The SMILES string of the molecule is C[C@H]1CC[C@H](Nc2c(C(=O)C3CC3)cnc3ccc(-c4ccc(C#N)s4)cc23)CC1. The van der Waals surface area contributed by atoms with Crippen LogP contribution in [0.2, 0.25) is 0 Å². The van der Waals surface area contributed by atoms with Gasteiger partial charge in [-0.25, -0.2) is 0 Å². The predicted molar refractivity (Wildman–Crippen MR) is 122 cm³/mol. The van der Waals surface area contributed by atoms with Gasteiger partial charge in [-0.15, -0.1) is 11.3 Å². The Morgan fingerprint density at radius 1 is 1.13 bits per heavy atom. The molecule has 0 bridgehead atoms. The Labute approximate surface area is 181 Å². The van der Waals surface area contributed by atoms with Crippen LogP contribution in [-0.4, -0.2) is 16.8 Å². The molecule has 30 heavy (non-hydrogen) atoms. The number of Topliss-reactive ketones (excluding diaryl/α,β-unsaturated/α-hetero) is 1. The molecule has 0 unspecified atom stereocenters. The number of fused-ring (bicyclic) bond motifs is 1. The van der Waals surface area contributed by atoms with E-state index in [9.17, 15) is 10.1 Å². The van der Waals surface area contributed by atoms with E-state index >= 15 is 0 Å². The minimum Gasteiger partial charge on any atom is -0.381 e. The van der Waals surface area contributed by atoms with Crippen molar-refractivity contribution in [1.29, 1.82) is 5.26 Å². The molecular formula is C25H25N3OS. The van der Waals surface area contributed by atoms with Crippen LogP contribution in [0.5, 0.6) is 0 Å². The summed E-state index contributed by atoms with van der Waals surface area (Å²) >= 11 is 1.49. The second-order valence-corrected chi connectivity index (χ2v) is 9.88. The smallest absolute Gasteiger partial charge is 0.169 e. The number of ketones is 1. The quantitative estimate of drug-likeness (QED) is 0.488. The number of pyridine rings is 1. The summed E-state index contributed by atoms with van der Waals surface area (Å²) in [6.45, 7) is 2.32. The van der Waals surface area contributed by atoms with Gasteiger partial charge in [0.1, 0.15) is 10.9 Å². The third-order valence-corrected chi connectivity index (χ3v) is 7.49. The molecule has 3 aromatic rings. The number of benzene rings is 1. The number of hydrogen-bond donors (Lipinski definition) is 1. The van der Waals surface area contributed by atoms with Crippen LogP contribution in [0.25, 0.3) is 21.3 Å². The maximum Gasteiger partial charge on any atom is 0.169 e.